The van der Waals surface area contributed by atoms with Crippen molar-refractivity contribution >= 4 is 21.8 Å². The fourth-order valence-electron chi connectivity index (χ4n) is 5.16. The van der Waals surface area contributed by atoms with E-state index in [2.05, 4.69) is 23.2 Å². The van der Waals surface area contributed by atoms with Gasteiger partial charge >= 0.3 is 0 Å². The highest BCUT2D eigenvalue weighted by Gasteiger charge is 2.40. The highest BCUT2D eigenvalue weighted by atomic mass is 16.5. The molecule has 0 amide bonds. The van der Waals surface area contributed by atoms with Crippen molar-refractivity contribution in [3.63, 3.8) is 0 Å². The normalized spacial score (nSPS) is 16.6. The average molecular weight is 471 g/mol. The van der Waals surface area contributed by atoms with Crippen LogP contribution in [0.1, 0.15) is 34.7 Å². The topological polar surface area (TPSA) is 100 Å². The standard InChI is InChI=1S/C29H22N6O/c1-35-26-16-33-25-13-27(36-2)23(22-11-20(22)9-18-7-8-32-21(10-18)15-31)12-24(25)28(26)29(34-35)19-5-3-17(14-30)4-6-19/h3-8,10,12-13,16,20,22H,9,11H2,1-2H3. The molecule has 1 aliphatic rings. The molecule has 0 saturated heterocycles. The first-order valence-corrected chi connectivity index (χ1v) is 11.8. The van der Waals surface area contributed by atoms with Gasteiger partial charge in [-0.05, 0) is 66.1 Å². The minimum Gasteiger partial charge on any atom is -0.496 e. The van der Waals surface area contributed by atoms with E-state index in [1.54, 1.807) is 13.3 Å². The number of nitriles is 2. The van der Waals surface area contributed by atoms with E-state index in [1.165, 1.54) is 5.56 Å². The summed E-state index contributed by atoms with van der Waals surface area (Å²) in [6.45, 7) is 0. The minimum absolute atomic E-state index is 0.369. The summed E-state index contributed by atoms with van der Waals surface area (Å²) in [4.78, 5) is 8.80. The maximum absolute atomic E-state index is 9.19. The maximum atomic E-state index is 9.19. The van der Waals surface area contributed by atoms with Gasteiger partial charge in [-0.3, -0.25) is 9.67 Å². The number of rotatable bonds is 5. The number of ether oxygens (including phenoxy) is 1. The van der Waals surface area contributed by atoms with Crippen LogP contribution in [0.15, 0.2) is 60.9 Å². The van der Waals surface area contributed by atoms with E-state index < -0.39 is 0 Å². The van der Waals surface area contributed by atoms with Crippen LogP contribution in [-0.2, 0) is 13.5 Å². The highest BCUT2D eigenvalue weighted by Crippen LogP contribution is 2.53. The van der Waals surface area contributed by atoms with Gasteiger partial charge in [-0.15, -0.1) is 0 Å². The van der Waals surface area contributed by atoms with E-state index in [-0.39, 0.29) is 0 Å². The van der Waals surface area contributed by atoms with Crippen molar-refractivity contribution < 1.29 is 4.74 Å². The van der Waals surface area contributed by atoms with Crippen LogP contribution in [0.3, 0.4) is 0 Å². The Balaban J connectivity index is 1.45. The van der Waals surface area contributed by atoms with Crippen LogP contribution >= 0.6 is 0 Å². The molecule has 2 atom stereocenters. The number of aromatic nitrogens is 4. The van der Waals surface area contributed by atoms with Gasteiger partial charge in [0.2, 0.25) is 0 Å². The predicted octanol–water partition coefficient (Wildman–Crippen LogP) is 5.28. The van der Waals surface area contributed by atoms with Crippen LogP contribution in [0.25, 0.3) is 33.1 Å². The molecular formula is C29H22N6O. The van der Waals surface area contributed by atoms with Crippen LogP contribution in [-0.4, -0.2) is 26.9 Å². The van der Waals surface area contributed by atoms with E-state index in [9.17, 15) is 10.5 Å². The molecule has 3 aromatic heterocycles. The van der Waals surface area contributed by atoms with Gasteiger partial charge < -0.3 is 4.74 Å². The summed E-state index contributed by atoms with van der Waals surface area (Å²) in [6.07, 6.45) is 5.52. The van der Waals surface area contributed by atoms with E-state index in [0.717, 1.165) is 57.2 Å². The van der Waals surface area contributed by atoms with Crippen molar-refractivity contribution in [3.05, 3.63) is 83.3 Å². The molecule has 0 N–H and O–H groups in total. The first kappa shape index (κ1) is 21.8. The number of nitrogens with zero attached hydrogens (tertiary/aromatic N) is 6. The van der Waals surface area contributed by atoms with Gasteiger partial charge in [0.25, 0.3) is 0 Å². The Morgan fingerprint density at radius 1 is 1.06 bits per heavy atom. The SMILES string of the molecule is COc1cc2ncc3c(c(-c4ccc(C#N)cc4)nn3C)c2cc1C1CC1Cc1ccnc(C#N)c1. The second-order valence-corrected chi connectivity index (χ2v) is 9.26. The van der Waals surface area contributed by atoms with E-state index in [4.69, 9.17) is 14.8 Å². The number of benzene rings is 2. The molecule has 2 unspecified atom stereocenters. The third-order valence-corrected chi connectivity index (χ3v) is 7.08. The Morgan fingerprint density at radius 2 is 1.89 bits per heavy atom. The molecule has 0 bridgehead atoms. The third kappa shape index (κ3) is 3.62. The Kier molecular flexibility index (Phi) is 5.13. The molecular weight excluding hydrogens is 448 g/mol. The molecule has 0 radical (unpaired) electrons. The first-order valence-electron chi connectivity index (χ1n) is 11.8. The van der Waals surface area contributed by atoms with Gasteiger partial charge in [0.15, 0.2) is 0 Å². The smallest absolute Gasteiger partial charge is 0.140 e. The molecule has 1 fully saturated rings. The van der Waals surface area contributed by atoms with Crippen LogP contribution in [0.5, 0.6) is 5.75 Å². The number of pyridine rings is 2. The van der Waals surface area contributed by atoms with Gasteiger partial charge in [0.05, 0.1) is 36.0 Å². The summed E-state index contributed by atoms with van der Waals surface area (Å²) in [5.74, 6) is 1.69. The monoisotopic (exact) mass is 470 g/mol. The molecule has 7 nitrogen and oxygen atoms in total. The molecule has 2 aromatic carbocycles. The Bertz CT molecular complexity index is 1720. The molecule has 7 heteroatoms. The zero-order valence-corrected chi connectivity index (χ0v) is 19.9. The van der Waals surface area contributed by atoms with Crippen molar-refractivity contribution in [2.24, 2.45) is 13.0 Å². The Hall–Kier alpha value is -4.75. The van der Waals surface area contributed by atoms with Crippen molar-refractivity contribution in [2.45, 2.75) is 18.8 Å². The van der Waals surface area contributed by atoms with Crippen LogP contribution < -0.4 is 4.74 Å². The number of aryl methyl sites for hydroxylation is 1. The lowest BCUT2D eigenvalue weighted by molar-refractivity contribution is 0.409. The van der Waals surface area contributed by atoms with Crippen molar-refractivity contribution in [3.8, 4) is 29.1 Å². The lowest BCUT2D eigenvalue weighted by atomic mass is 9.98. The van der Waals surface area contributed by atoms with Crippen molar-refractivity contribution in [1.82, 2.24) is 19.7 Å². The third-order valence-electron chi connectivity index (χ3n) is 7.08. The van der Waals surface area contributed by atoms with E-state index in [0.29, 0.717) is 23.1 Å². The Labute approximate surface area is 208 Å². The zero-order chi connectivity index (χ0) is 24.8. The average Bonchev–Trinajstić information content (AvgIpc) is 3.60. The molecule has 1 aliphatic carbocycles. The van der Waals surface area contributed by atoms with Gasteiger partial charge in [0.1, 0.15) is 23.2 Å². The second-order valence-electron chi connectivity index (χ2n) is 9.26. The van der Waals surface area contributed by atoms with Gasteiger partial charge in [0, 0.05) is 35.6 Å². The highest BCUT2D eigenvalue weighted by molar-refractivity contribution is 6.11. The molecule has 36 heavy (non-hydrogen) atoms. The van der Waals surface area contributed by atoms with Crippen LogP contribution in [0, 0.1) is 28.6 Å². The number of methoxy groups -OCH3 is 1. The lowest BCUT2D eigenvalue weighted by Crippen LogP contribution is -1.96. The molecule has 5 aromatic rings. The van der Waals surface area contributed by atoms with Crippen molar-refractivity contribution in [1.29, 1.82) is 10.5 Å². The molecule has 0 aliphatic heterocycles. The maximum Gasteiger partial charge on any atom is 0.140 e. The summed E-state index contributed by atoms with van der Waals surface area (Å²) >= 11 is 0. The first-order chi connectivity index (χ1) is 17.6. The second kappa shape index (κ2) is 8.48. The molecule has 1 saturated carbocycles. The molecule has 174 valence electrons. The summed E-state index contributed by atoms with van der Waals surface area (Å²) < 4.78 is 7.66. The molecule has 6 rings (SSSR count). The number of fused-ring (bicyclic) bond motifs is 3. The van der Waals surface area contributed by atoms with Gasteiger partial charge in [-0.1, -0.05) is 12.1 Å². The fraction of sp³-hybridized carbons (Fsp3) is 0.207. The summed E-state index contributed by atoms with van der Waals surface area (Å²) in [6, 6.07) is 19.9. The fourth-order valence-corrected chi connectivity index (χ4v) is 5.16. The zero-order valence-electron chi connectivity index (χ0n) is 19.9. The van der Waals surface area contributed by atoms with Crippen molar-refractivity contribution in [2.75, 3.05) is 7.11 Å². The van der Waals surface area contributed by atoms with E-state index in [1.807, 2.05) is 60.4 Å². The summed E-state index contributed by atoms with van der Waals surface area (Å²) in [5, 5.41) is 25.3. The molecule has 0 spiro atoms. The van der Waals surface area contributed by atoms with Gasteiger partial charge in [-0.25, -0.2) is 4.98 Å². The Morgan fingerprint density at radius 3 is 2.64 bits per heavy atom. The van der Waals surface area contributed by atoms with E-state index >= 15 is 0 Å². The minimum atomic E-state index is 0.369. The molecule has 3 heterocycles. The quantitative estimate of drug-likeness (QED) is 0.346. The number of hydrogen-bond donors (Lipinski definition) is 0. The predicted molar refractivity (Wildman–Crippen MR) is 136 cm³/mol. The lowest BCUT2D eigenvalue weighted by Gasteiger charge is -2.12. The summed E-state index contributed by atoms with van der Waals surface area (Å²) in [5.41, 5.74) is 7.01. The van der Waals surface area contributed by atoms with Crippen LogP contribution in [0.4, 0.5) is 0 Å². The van der Waals surface area contributed by atoms with Gasteiger partial charge in [-0.2, -0.15) is 15.6 Å². The largest absolute Gasteiger partial charge is 0.496 e. The van der Waals surface area contributed by atoms with Crippen LogP contribution in [0.2, 0.25) is 0 Å². The summed E-state index contributed by atoms with van der Waals surface area (Å²) in [7, 11) is 3.63. The number of hydrogen-bond acceptors (Lipinski definition) is 6.